The number of fused-ring (bicyclic) bond motifs is 2. The smallest absolute Gasteiger partial charge is 0.251 e. The zero-order valence-corrected chi connectivity index (χ0v) is 17.3. The van der Waals surface area contributed by atoms with Crippen molar-refractivity contribution in [1.29, 1.82) is 0 Å². The first-order valence-electron chi connectivity index (χ1n) is 10.2. The molecule has 1 unspecified atom stereocenters. The molecular weight excluding hydrogens is 397 g/mol. The van der Waals surface area contributed by atoms with Crippen molar-refractivity contribution in [2.24, 2.45) is 5.92 Å². The number of carbonyl (C=O) groups is 2. The second-order valence-corrected chi connectivity index (χ2v) is 9.30. The van der Waals surface area contributed by atoms with Gasteiger partial charge in [-0.2, -0.15) is 0 Å². The standard InChI is InChI=1S/C21H27ClFN3O3/c1-21(11-29-12-21)25-19(27)10-26-17-2-3-18(26)5-13(4-17)9-24-20(28)14-6-15(22)8-16(23)7-14/h6-8,13,17-18H,2-5,9-12H2,1H3,(H,24,28)(H,25,27)/t13?,17-,18+. The number of hydrogen-bond acceptors (Lipinski definition) is 4. The molecule has 0 aliphatic carbocycles. The second-order valence-electron chi connectivity index (χ2n) is 8.86. The van der Waals surface area contributed by atoms with E-state index in [0.717, 1.165) is 25.7 Å². The molecule has 3 saturated heterocycles. The predicted molar refractivity (Wildman–Crippen MR) is 107 cm³/mol. The fourth-order valence-corrected chi connectivity index (χ4v) is 5.08. The van der Waals surface area contributed by atoms with Crippen LogP contribution in [0.5, 0.6) is 0 Å². The average Bonchev–Trinajstić information content (AvgIpc) is 2.86. The number of ether oxygens (including phenoxy) is 1. The molecule has 29 heavy (non-hydrogen) atoms. The maximum absolute atomic E-state index is 13.5. The fourth-order valence-electron chi connectivity index (χ4n) is 4.86. The zero-order chi connectivity index (χ0) is 20.6. The van der Waals surface area contributed by atoms with Gasteiger partial charge < -0.3 is 15.4 Å². The maximum atomic E-state index is 13.5. The van der Waals surface area contributed by atoms with Crippen molar-refractivity contribution >= 4 is 23.4 Å². The first-order chi connectivity index (χ1) is 13.8. The first-order valence-corrected chi connectivity index (χ1v) is 10.6. The molecular formula is C21H27ClFN3O3. The van der Waals surface area contributed by atoms with Gasteiger partial charge in [-0.1, -0.05) is 11.6 Å². The summed E-state index contributed by atoms with van der Waals surface area (Å²) in [5, 5.41) is 6.21. The van der Waals surface area contributed by atoms with E-state index in [1.165, 1.54) is 18.2 Å². The summed E-state index contributed by atoms with van der Waals surface area (Å²) in [5.41, 5.74) is 0.0130. The molecule has 3 aliphatic rings. The van der Waals surface area contributed by atoms with Crippen molar-refractivity contribution in [1.82, 2.24) is 15.5 Å². The number of nitrogens with zero attached hydrogens (tertiary/aromatic N) is 1. The highest BCUT2D eigenvalue weighted by molar-refractivity contribution is 6.31. The Balaban J connectivity index is 1.27. The van der Waals surface area contributed by atoms with Gasteiger partial charge in [-0.25, -0.2) is 4.39 Å². The highest BCUT2D eigenvalue weighted by Gasteiger charge is 2.42. The molecule has 0 radical (unpaired) electrons. The molecule has 3 heterocycles. The van der Waals surface area contributed by atoms with Crippen LogP contribution in [0.2, 0.25) is 5.02 Å². The van der Waals surface area contributed by atoms with E-state index in [0.29, 0.717) is 44.3 Å². The number of nitrogens with one attached hydrogen (secondary N) is 2. The molecule has 2 N–H and O–H groups in total. The summed E-state index contributed by atoms with van der Waals surface area (Å²) < 4.78 is 18.7. The SMILES string of the molecule is CC1(NC(=O)CN2[C@@H]3CC[C@H]2CC(CNC(=O)c2cc(F)cc(Cl)c2)C3)COC1. The highest BCUT2D eigenvalue weighted by atomic mass is 35.5. The number of benzene rings is 1. The lowest BCUT2D eigenvalue weighted by molar-refractivity contribution is -0.133. The minimum atomic E-state index is -0.519. The Hall–Kier alpha value is -1.70. The van der Waals surface area contributed by atoms with Crippen molar-refractivity contribution in [3.05, 3.63) is 34.6 Å². The fraction of sp³-hybridized carbons (Fsp3) is 0.619. The van der Waals surface area contributed by atoms with Gasteiger partial charge in [0.05, 0.1) is 25.3 Å². The molecule has 0 aromatic heterocycles. The third kappa shape index (κ3) is 4.73. The van der Waals surface area contributed by atoms with Crippen molar-refractivity contribution < 1.29 is 18.7 Å². The summed E-state index contributed by atoms with van der Waals surface area (Å²) in [7, 11) is 0. The van der Waals surface area contributed by atoms with Gasteiger partial charge in [-0.3, -0.25) is 14.5 Å². The summed E-state index contributed by atoms with van der Waals surface area (Å²) >= 11 is 5.83. The van der Waals surface area contributed by atoms with Crippen LogP contribution in [0.4, 0.5) is 4.39 Å². The number of halogens is 2. The predicted octanol–water partition coefficient (Wildman–Crippen LogP) is 2.36. The van der Waals surface area contributed by atoms with E-state index in [-0.39, 0.29) is 27.9 Å². The van der Waals surface area contributed by atoms with Crippen LogP contribution < -0.4 is 10.6 Å². The first kappa shape index (κ1) is 20.6. The van der Waals surface area contributed by atoms with Crippen molar-refractivity contribution in [3.8, 4) is 0 Å². The zero-order valence-electron chi connectivity index (χ0n) is 16.5. The van der Waals surface area contributed by atoms with Crippen LogP contribution in [-0.2, 0) is 9.53 Å². The molecule has 0 saturated carbocycles. The third-order valence-electron chi connectivity index (χ3n) is 6.27. The van der Waals surface area contributed by atoms with Gasteiger partial charge >= 0.3 is 0 Å². The minimum absolute atomic E-state index is 0.0578. The van der Waals surface area contributed by atoms with Crippen molar-refractivity contribution in [3.63, 3.8) is 0 Å². The quantitative estimate of drug-likeness (QED) is 0.737. The molecule has 6 nitrogen and oxygen atoms in total. The van der Waals surface area contributed by atoms with E-state index in [4.69, 9.17) is 16.3 Å². The number of carbonyl (C=O) groups excluding carboxylic acids is 2. The van der Waals surface area contributed by atoms with Gasteiger partial charge in [0.15, 0.2) is 0 Å². The Labute approximate surface area is 175 Å². The Morgan fingerprint density at radius 1 is 1.24 bits per heavy atom. The largest absolute Gasteiger partial charge is 0.376 e. The molecule has 3 aliphatic heterocycles. The summed E-state index contributed by atoms with van der Waals surface area (Å²) in [6, 6.07) is 4.59. The van der Waals surface area contributed by atoms with Gasteiger partial charge in [-0.05, 0) is 56.7 Å². The summed E-state index contributed by atoms with van der Waals surface area (Å²) in [4.78, 5) is 27.1. The molecule has 158 valence electrons. The molecule has 0 spiro atoms. The lowest BCUT2D eigenvalue weighted by Crippen LogP contribution is -2.62. The van der Waals surface area contributed by atoms with Gasteiger partial charge in [0, 0.05) is 29.2 Å². The Morgan fingerprint density at radius 3 is 2.52 bits per heavy atom. The summed E-state index contributed by atoms with van der Waals surface area (Å²) in [6.45, 7) is 4.12. The van der Waals surface area contributed by atoms with Crippen LogP contribution >= 0.6 is 11.6 Å². The van der Waals surface area contributed by atoms with Gasteiger partial charge in [-0.15, -0.1) is 0 Å². The lowest BCUT2D eigenvalue weighted by Gasteiger charge is -2.41. The van der Waals surface area contributed by atoms with Gasteiger partial charge in [0.2, 0.25) is 5.91 Å². The molecule has 3 fully saturated rings. The maximum Gasteiger partial charge on any atom is 0.251 e. The monoisotopic (exact) mass is 423 g/mol. The highest BCUT2D eigenvalue weighted by Crippen LogP contribution is 2.38. The van der Waals surface area contributed by atoms with E-state index in [9.17, 15) is 14.0 Å². The Bertz CT molecular complexity index is 767. The minimum Gasteiger partial charge on any atom is -0.376 e. The second kappa shape index (κ2) is 8.20. The third-order valence-corrected chi connectivity index (χ3v) is 6.48. The van der Waals surface area contributed by atoms with E-state index < -0.39 is 5.82 Å². The van der Waals surface area contributed by atoms with Crippen LogP contribution in [0.3, 0.4) is 0 Å². The van der Waals surface area contributed by atoms with Crippen LogP contribution in [0, 0.1) is 11.7 Å². The van der Waals surface area contributed by atoms with Crippen LogP contribution in [0.15, 0.2) is 18.2 Å². The van der Waals surface area contributed by atoms with E-state index in [2.05, 4.69) is 15.5 Å². The van der Waals surface area contributed by atoms with Crippen molar-refractivity contribution in [2.45, 2.75) is 50.2 Å². The lowest BCUT2D eigenvalue weighted by atomic mass is 9.90. The molecule has 4 rings (SSSR count). The Kier molecular flexibility index (Phi) is 5.82. The van der Waals surface area contributed by atoms with Crippen LogP contribution in [0.1, 0.15) is 43.0 Å². The van der Waals surface area contributed by atoms with E-state index >= 15 is 0 Å². The van der Waals surface area contributed by atoms with Crippen LogP contribution in [-0.4, -0.2) is 60.6 Å². The number of rotatable bonds is 6. The van der Waals surface area contributed by atoms with Crippen LogP contribution in [0.25, 0.3) is 0 Å². The number of hydrogen-bond donors (Lipinski definition) is 2. The molecule has 1 aromatic rings. The topological polar surface area (TPSA) is 70.7 Å². The van der Waals surface area contributed by atoms with Gasteiger partial charge in [0.25, 0.3) is 5.91 Å². The number of piperidine rings is 1. The molecule has 2 amide bonds. The van der Waals surface area contributed by atoms with Gasteiger partial charge in [0.1, 0.15) is 5.82 Å². The van der Waals surface area contributed by atoms with Crippen molar-refractivity contribution in [2.75, 3.05) is 26.3 Å². The van der Waals surface area contributed by atoms with E-state index in [1.54, 1.807) is 0 Å². The normalized spacial score (nSPS) is 27.9. The molecule has 3 atom stereocenters. The Morgan fingerprint density at radius 2 is 1.93 bits per heavy atom. The summed E-state index contributed by atoms with van der Waals surface area (Å²) in [6.07, 6.45) is 4.08. The molecule has 2 bridgehead atoms. The number of amides is 2. The average molecular weight is 424 g/mol. The molecule has 8 heteroatoms. The van der Waals surface area contributed by atoms with E-state index in [1.807, 2.05) is 6.92 Å². The summed E-state index contributed by atoms with van der Waals surface area (Å²) in [5.74, 6) is -0.411. The molecule has 1 aromatic carbocycles.